The molecule has 5 aromatic rings. The molecule has 0 radical (unpaired) electrons. The number of ether oxygens (including phenoxy) is 2. The van der Waals surface area contributed by atoms with Crippen molar-refractivity contribution >= 4 is 34.1 Å². The molecule has 2 aliphatic heterocycles. The first kappa shape index (κ1) is 32.7. The smallest absolute Gasteiger partial charge is 0.270 e. The monoisotopic (exact) mass is 680 g/mol. The molecule has 14 nitrogen and oxygen atoms in total. The Hall–Kier alpha value is -5.86. The number of carbonyl (C=O) groups is 2. The van der Waals surface area contributed by atoms with Gasteiger partial charge in [0.15, 0.2) is 17.4 Å². The quantitative estimate of drug-likeness (QED) is 0.231. The topological polar surface area (TPSA) is 147 Å². The minimum atomic E-state index is -0.492. The van der Waals surface area contributed by atoms with Gasteiger partial charge in [0.2, 0.25) is 5.91 Å². The largest absolute Gasteiger partial charge is 0.493 e. The van der Waals surface area contributed by atoms with E-state index in [0.29, 0.717) is 97.3 Å². The highest BCUT2D eigenvalue weighted by molar-refractivity contribution is 6.05. The van der Waals surface area contributed by atoms with Crippen molar-refractivity contribution in [1.29, 1.82) is 0 Å². The van der Waals surface area contributed by atoms with Gasteiger partial charge in [0, 0.05) is 80.8 Å². The second-order valence-electron chi connectivity index (χ2n) is 12.0. The fourth-order valence-electron chi connectivity index (χ4n) is 6.55. The molecule has 0 spiro atoms. The Labute approximate surface area is 287 Å². The second kappa shape index (κ2) is 14.3. The molecule has 7 rings (SSSR count). The SMILES string of the molecule is CCOc1ccncc1-c1cc(C2=CCCN(C(=O)CCn3ccnn3)C2)c(F)c2[nH]c(C(=O)N3CCN(c4ncncc4OC)CC3)cc12. The van der Waals surface area contributed by atoms with Gasteiger partial charge in [0.25, 0.3) is 5.91 Å². The zero-order chi connectivity index (χ0) is 34.6. The Bertz CT molecular complexity index is 2040. The van der Waals surface area contributed by atoms with Gasteiger partial charge in [-0.15, -0.1) is 5.10 Å². The molecular formula is C35H37FN10O4. The number of rotatable bonds is 10. The van der Waals surface area contributed by atoms with Crippen LogP contribution in [0.1, 0.15) is 35.8 Å². The molecule has 15 heteroatoms. The van der Waals surface area contributed by atoms with Gasteiger partial charge in [0.1, 0.15) is 17.8 Å². The van der Waals surface area contributed by atoms with Gasteiger partial charge in [-0.1, -0.05) is 11.3 Å². The van der Waals surface area contributed by atoms with Crippen LogP contribution < -0.4 is 14.4 Å². The number of benzene rings is 1. The van der Waals surface area contributed by atoms with Gasteiger partial charge >= 0.3 is 0 Å². The average molecular weight is 681 g/mol. The molecule has 1 saturated heterocycles. The summed E-state index contributed by atoms with van der Waals surface area (Å²) in [5.41, 5.74) is 2.84. The number of anilines is 1. The van der Waals surface area contributed by atoms with Crippen LogP contribution in [-0.2, 0) is 11.3 Å². The van der Waals surface area contributed by atoms with Gasteiger partial charge in [-0.2, -0.15) is 0 Å². The molecule has 1 aromatic carbocycles. The van der Waals surface area contributed by atoms with Gasteiger partial charge in [-0.3, -0.25) is 19.3 Å². The number of hydrogen-bond acceptors (Lipinski definition) is 10. The van der Waals surface area contributed by atoms with Crippen molar-refractivity contribution in [2.75, 3.05) is 57.9 Å². The zero-order valence-corrected chi connectivity index (χ0v) is 27.9. The maximum atomic E-state index is 16.7. The number of methoxy groups -OCH3 is 1. The lowest BCUT2D eigenvalue weighted by Crippen LogP contribution is -2.49. The molecule has 0 bridgehead atoms. The third-order valence-corrected chi connectivity index (χ3v) is 9.08. The number of amides is 2. The van der Waals surface area contributed by atoms with Crippen molar-refractivity contribution < 1.29 is 23.5 Å². The van der Waals surface area contributed by atoms with Crippen molar-refractivity contribution in [2.45, 2.75) is 26.3 Å². The minimum absolute atomic E-state index is 0.0512. The molecule has 0 aliphatic carbocycles. The lowest BCUT2D eigenvalue weighted by atomic mass is 9.93. The number of aryl methyl sites for hydroxylation is 1. The van der Waals surface area contributed by atoms with Gasteiger partial charge in [-0.25, -0.2) is 14.4 Å². The zero-order valence-electron chi connectivity index (χ0n) is 27.9. The molecule has 6 heterocycles. The lowest BCUT2D eigenvalue weighted by Gasteiger charge is -2.35. The summed E-state index contributed by atoms with van der Waals surface area (Å²) >= 11 is 0. The van der Waals surface area contributed by atoms with Crippen molar-refractivity contribution in [3.63, 3.8) is 0 Å². The first-order chi connectivity index (χ1) is 24.4. The van der Waals surface area contributed by atoms with E-state index in [2.05, 4.69) is 35.1 Å². The maximum Gasteiger partial charge on any atom is 0.270 e. The molecule has 2 aliphatic rings. The number of aromatic nitrogens is 7. The van der Waals surface area contributed by atoms with E-state index < -0.39 is 5.82 Å². The van der Waals surface area contributed by atoms with Crippen LogP contribution in [-0.4, -0.2) is 110 Å². The fraction of sp³-hybridized carbons (Fsp3) is 0.343. The highest BCUT2D eigenvalue weighted by Crippen LogP contribution is 2.40. The molecule has 2 amide bonds. The predicted octanol–water partition coefficient (Wildman–Crippen LogP) is 3.83. The Morgan fingerprint density at radius 1 is 0.980 bits per heavy atom. The summed E-state index contributed by atoms with van der Waals surface area (Å²) < 4.78 is 29.7. The lowest BCUT2D eigenvalue weighted by molar-refractivity contribution is -0.131. The molecular weight excluding hydrogens is 643 g/mol. The van der Waals surface area contributed by atoms with Crippen molar-refractivity contribution in [2.24, 2.45) is 0 Å². The number of pyridine rings is 1. The maximum absolute atomic E-state index is 16.7. The number of H-pyrrole nitrogens is 1. The number of hydrogen-bond donors (Lipinski definition) is 1. The summed E-state index contributed by atoms with van der Waals surface area (Å²) in [6.07, 6.45) is 12.5. The highest BCUT2D eigenvalue weighted by Gasteiger charge is 2.29. The third-order valence-electron chi connectivity index (χ3n) is 9.08. The Morgan fingerprint density at radius 2 is 1.84 bits per heavy atom. The summed E-state index contributed by atoms with van der Waals surface area (Å²) in [6, 6.07) is 5.26. The molecule has 258 valence electrons. The van der Waals surface area contributed by atoms with Crippen LogP contribution in [0.3, 0.4) is 0 Å². The summed E-state index contributed by atoms with van der Waals surface area (Å²) in [6.45, 7) is 5.46. The van der Waals surface area contributed by atoms with E-state index in [1.54, 1.807) is 70.8 Å². The molecule has 4 aromatic heterocycles. The van der Waals surface area contributed by atoms with Crippen molar-refractivity contribution in [3.8, 4) is 22.6 Å². The van der Waals surface area contributed by atoms with E-state index in [9.17, 15) is 9.59 Å². The molecule has 1 fully saturated rings. The number of fused-ring (bicyclic) bond motifs is 1. The van der Waals surface area contributed by atoms with E-state index >= 15 is 4.39 Å². The number of aromatic amines is 1. The van der Waals surface area contributed by atoms with Crippen LogP contribution in [0.15, 0.2) is 61.6 Å². The summed E-state index contributed by atoms with van der Waals surface area (Å²) in [7, 11) is 1.57. The second-order valence-corrected chi connectivity index (χ2v) is 12.0. The number of halogens is 1. The summed E-state index contributed by atoms with van der Waals surface area (Å²) in [5.74, 6) is 1.05. The number of nitrogens with one attached hydrogen (secondary N) is 1. The molecule has 0 atom stereocenters. The first-order valence-corrected chi connectivity index (χ1v) is 16.6. The van der Waals surface area contributed by atoms with Crippen LogP contribution in [0.2, 0.25) is 0 Å². The minimum Gasteiger partial charge on any atom is -0.493 e. The van der Waals surface area contributed by atoms with Crippen molar-refractivity contribution in [3.05, 3.63) is 78.7 Å². The van der Waals surface area contributed by atoms with Crippen LogP contribution in [0.4, 0.5) is 10.2 Å². The predicted molar refractivity (Wildman–Crippen MR) is 183 cm³/mol. The Morgan fingerprint density at radius 3 is 2.62 bits per heavy atom. The summed E-state index contributed by atoms with van der Waals surface area (Å²) in [4.78, 5) is 48.5. The number of piperazine rings is 1. The van der Waals surface area contributed by atoms with E-state index in [1.807, 2.05) is 13.0 Å². The first-order valence-electron chi connectivity index (χ1n) is 16.6. The van der Waals surface area contributed by atoms with Crippen LogP contribution in [0, 0.1) is 5.82 Å². The standard InChI is InChI=1S/C35H37FN10O4/c1-3-50-29-6-8-37-19-27(29)25-17-24(23-5-4-10-45(21-23)31(47)7-11-46-12-9-40-42-46)32(36)33-26(25)18-28(41-33)35(48)44-15-13-43(14-16-44)34-30(49-2)20-38-22-39-34/h5-6,8-9,12,17-20,22,41H,3-4,7,10-11,13-16,21H2,1-2H3. The van der Waals surface area contributed by atoms with E-state index in [1.165, 1.54) is 6.33 Å². The average Bonchev–Trinajstić information content (AvgIpc) is 3.86. The molecule has 0 saturated carbocycles. The molecule has 1 N–H and O–H groups in total. The highest BCUT2D eigenvalue weighted by atomic mass is 19.1. The van der Waals surface area contributed by atoms with E-state index in [0.717, 1.165) is 0 Å². The number of nitrogens with zero attached hydrogens (tertiary/aromatic N) is 9. The van der Waals surface area contributed by atoms with Crippen LogP contribution >= 0.6 is 0 Å². The fourth-order valence-corrected chi connectivity index (χ4v) is 6.55. The van der Waals surface area contributed by atoms with Crippen LogP contribution in [0.5, 0.6) is 11.5 Å². The van der Waals surface area contributed by atoms with E-state index in [-0.39, 0.29) is 36.0 Å². The Kier molecular flexibility index (Phi) is 9.36. The molecule has 50 heavy (non-hydrogen) atoms. The Balaban J connectivity index is 1.20. The molecule has 0 unspecified atom stereocenters. The number of carbonyl (C=O) groups excluding carboxylic acids is 2. The van der Waals surface area contributed by atoms with Crippen LogP contribution in [0.25, 0.3) is 27.6 Å². The normalized spacial score (nSPS) is 14.9. The third kappa shape index (κ3) is 6.45. The van der Waals surface area contributed by atoms with Crippen molar-refractivity contribution in [1.82, 2.24) is 44.7 Å². The van der Waals surface area contributed by atoms with E-state index in [4.69, 9.17) is 9.47 Å². The van der Waals surface area contributed by atoms with Gasteiger partial charge < -0.3 is 29.2 Å². The summed E-state index contributed by atoms with van der Waals surface area (Å²) in [5, 5.41) is 8.27. The van der Waals surface area contributed by atoms with Gasteiger partial charge in [-0.05, 0) is 42.7 Å². The van der Waals surface area contributed by atoms with Gasteiger partial charge in [0.05, 0.1) is 38.2 Å².